The summed E-state index contributed by atoms with van der Waals surface area (Å²) in [4.78, 5) is 72.4. The zero-order chi connectivity index (χ0) is 67.0. The highest BCUT2D eigenvalue weighted by Crippen LogP contribution is 2.45. The van der Waals surface area contributed by atoms with Crippen molar-refractivity contribution in [1.82, 2.24) is 0 Å². The van der Waals surface area contributed by atoms with E-state index in [1.54, 1.807) is 0 Å². The minimum Gasteiger partial charge on any atom is -0.462 e. The van der Waals surface area contributed by atoms with Crippen LogP contribution in [0.15, 0.2) is 0 Å². The van der Waals surface area contributed by atoms with Crippen LogP contribution in [0.2, 0.25) is 0 Å². The van der Waals surface area contributed by atoms with Crippen LogP contribution < -0.4 is 0 Å². The molecule has 0 aliphatic rings. The summed E-state index contributed by atoms with van der Waals surface area (Å²) >= 11 is 0. The Morgan fingerprint density at radius 3 is 0.747 bits per heavy atom. The van der Waals surface area contributed by atoms with Crippen molar-refractivity contribution < 1.29 is 80.2 Å². The number of hydrogen-bond donors (Lipinski definition) is 3. The summed E-state index contributed by atoms with van der Waals surface area (Å²) in [5.41, 5.74) is 0. The first-order chi connectivity index (χ1) is 44.0. The van der Waals surface area contributed by atoms with Gasteiger partial charge in [-0.3, -0.25) is 37.3 Å². The number of carbonyl (C=O) groups is 4. The Morgan fingerprint density at radius 1 is 0.297 bits per heavy atom. The van der Waals surface area contributed by atoms with Gasteiger partial charge in [-0.05, 0) is 31.6 Å². The van der Waals surface area contributed by atoms with Gasteiger partial charge in [-0.1, -0.05) is 324 Å². The molecule has 0 saturated carbocycles. The van der Waals surface area contributed by atoms with E-state index in [1.165, 1.54) is 193 Å². The fraction of sp³-hybridized carbons (Fsp3) is 0.944. The standard InChI is InChI=1S/C72H140O17P2/c1-6-9-12-15-17-19-21-23-25-26-27-28-30-34-39-43-48-53-58-72(77)89-68(62-83-70(75)56-51-46-41-37-35-31-32-36-40-45-49-54-65(4)5)64-87-91(80,81)85-60-66(73)59-84-90(78,79)86-63-67(61-82-69(74)55-50-44-14-11-8-3)88-71(76)57-52-47-42-38-33-29-24-22-20-18-16-13-10-7-2/h65-68,73H,6-64H2,1-5H3,(H,78,79)(H,80,81)/t66-,67+,68+/m0/s1. The quantitative estimate of drug-likeness (QED) is 0.0222. The topological polar surface area (TPSA) is 237 Å². The fourth-order valence-electron chi connectivity index (χ4n) is 11.0. The minimum atomic E-state index is -4.95. The monoisotopic (exact) mass is 1340 g/mol. The van der Waals surface area contributed by atoms with Gasteiger partial charge in [0.05, 0.1) is 26.4 Å². The highest BCUT2D eigenvalue weighted by molar-refractivity contribution is 7.47. The lowest BCUT2D eigenvalue weighted by Gasteiger charge is -2.21. The predicted molar refractivity (Wildman–Crippen MR) is 368 cm³/mol. The molecule has 0 aromatic rings. The first-order valence-corrected chi connectivity index (χ1v) is 40.6. The number of esters is 4. The second kappa shape index (κ2) is 65.4. The van der Waals surface area contributed by atoms with E-state index < -0.39 is 97.5 Å². The SMILES string of the molecule is CCCCCCCCCCCCCCCCCCCCC(=O)O[C@H](COC(=O)CCCCCCCCCCCCCC(C)C)COP(=O)(O)OC[C@@H](O)COP(=O)(O)OC[C@@H](COC(=O)CCCCCCC)OC(=O)CCCCCCCCCCCCCCCC. The number of phosphoric ester groups is 2. The zero-order valence-corrected chi connectivity index (χ0v) is 60.8. The molecule has 0 heterocycles. The van der Waals surface area contributed by atoms with E-state index in [1.807, 2.05) is 0 Å². The lowest BCUT2D eigenvalue weighted by Crippen LogP contribution is -2.30. The van der Waals surface area contributed by atoms with Gasteiger partial charge in [-0.2, -0.15) is 0 Å². The Kier molecular flexibility index (Phi) is 64.0. The van der Waals surface area contributed by atoms with Crippen molar-refractivity contribution in [3.05, 3.63) is 0 Å². The van der Waals surface area contributed by atoms with Crippen LogP contribution in [0.4, 0.5) is 0 Å². The smallest absolute Gasteiger partial charge is 0.462 e. The Morgan fingerprint density at radius 2 is 0.505 bits per heavy atom. The van der Waals surface area contributed by atoms with Crippen molar-refractivity contribution in [1.29, 1.82) is 0 Å². The van der Waals surface area contributed by atoms with Gasteiger partial charge in [0, 0.05) is 25.7 Å². The average Bonchev–Trinajstić information content (AvgIpc) is 3.64. The molecular weight excluding hydrogens is 1200 g/mol. The Labute approximate surface area is 556 Å². The number of hydrogen-bond acceptors (Lipinski definition) is 15. The predicted octanol–water partition coefficient (Wildman–Crippen LogP) is 20.9. The van der Waals surface area contributed by atoms with Crippen molar-refractivity contribution in [2.24, 2.45) is 5.92 Å². The maximum Gasteiger partial charge on any atom is 0.472 e. The third-order valence-electron chi connectivity index (χ3n) is 16.8. The lowest BCUT2D eigenvalue weighted by molar-refractivity contribution is -0.161. The molecule has 0 spiro atoms. The van der Waals surface area contributed by atoms with Crippen LogP contribution >= 0.6 is 15.6 Å². The molecule has 0 fully saturated rings. The Bertz CT molecular complexity index is 1750. The number of phosphoric acid groups is 2. The van der Waals surface area contributed by atoms with Crippen molar-refractivity contribution in [3.8, 4) is 0 Å². The molecule has 19 heteroatoms. The molecule has 17 nitrogen and oxygen atoms in total. The molecule has 0 saturated heterocycles. The largest absolute Gasteiger partial charge is 0.472 e. The van der Waals surface area contributed by atoms with Crippen LogP contribution in [0.25, 0.3) is 0 Å². The third kappa shape index (κ3) is 66.5. The van der Waals surface area contributed by atoms with E-state index in [9.17, 15) is 43.2 Å². The summed E-state index contributed by atoms with van der Waals surface area (Å²) in [6.45, 7) is 7.19. The number of unbranched alkanes of at least 4 members (excludes halogenated alkanes) is 44. The molecule has 540 valence electrons. The average molecular weight is 1340 g/mol. The molecule has 0 aromatic carbocycles. The van der Waals surface area contributed by atoms with Gasteiger partial charge in [0.25, 0.3) is 0 Å². The van der Waals surface area contributed by atoms with Crippen molar-refractivity contribution in [2.45, 2.75) is 393 Å². The van der Waals surface area contributed by atoms with E-state index in [-0.39, 0.29) is 25.7 Å². The van der Waals surface area contributed by atoms with Crippen LogP contribution in [-0.4, -0.2) is 96.7 Å². The minimum absolute atomic E-state index is 0.107. The zero-order valence-electron chi connectivity index (χ0n) is 59.0. The van der Waals surface area contributed by atoms with Gasteiger partial charge in [0.1, 0.15) is 19.3 Å². The first-order valence-electron chi connectivity index (χ1n) is 37.6. The van der Waals surface area contributed by atoms with E-state index in [4.69, 9.17) is 37.0 Å². The van der Waals surface area contributed by atoms with Gasteiger partial charge in [-0.15, -0.1) is 0 Å². The Balaban J connectivity index is 5.14. The lowest BCUT2D eigenvalue weighted by atomic mass is 10.0. The van der Waals surface area contributed by atoms with Crippen LogP contribution in [0, 0.1) is 5.92 Å². The second-order valence-electron chi connectivity index (χ2n) is 26.5. The first kappa shape index (κ1) is 89.1. The number of carbonyl (C=O) groups excluding carboxylic acids is 4. The number of rotatable bonds is 72. The van der Waals surface area contributed by atoms with Crippen molar-refractivity contribution >= 4 is 39.5 Å². The number of aliphatic hydroxyl groups excluding tert-OH is 1. The number of ether oxygens (including phenoxy) is 4. The van der Waals surface area contributed by atoms with Gasteiger partial charge >= 0.3 is 39.5 Å². The molecule has 5 atom stereocenters. The summed E-state index contributed by atoms with van der Waals surface area (Å²) in [6, 6.07) is 0. The van der Waals surface area contributed by atoms with Crippen LogP contribution in [0.1, 0.15) is 375 Å². The van der Waals surface area contributed by atoms with Crippen LogP contribution in [0.5, 0.6) is 0 Å². The van der Waals surface area contributed by atoms with E-state index >= 15 is 0 Å². The maximum atomic E-state index is 13.0. The molecule has 91 heavy (non-hydrogen) atoms. The molecule has 3 N–H and O–H groups in total. The van der Waals surface area contributed by atoms with Gasteiger partial charge in [-0.25, -0.2) is 9.13 Å². The third-order valence-corrected chi connectivity index (χ3v) is 18.7. The fourth-order valence-corrected chi connectivity index (χ4v) is 12.6. The molecule has 0 amide bonds. The summed E-state index contributed by atoms with van der Waals surface area (Å²) in [6.07, 6.45) is 53.1. The highest BCUT2D eigenvalue weighted by Gasteiger charge is 2.30. The summed E-state index contributed by atoms with van der Waals surface area (Å²) < 4.78 is 68.2. The molecule has 0 bridgehead atoms. The van der Waals surface area contributed by atoms with Crippen LogP contribution in [0.3, 0.4) is 0 Å². The van der Waals surface area contributed by atoms with Crippen molar-refractivity contribution in [3.63, 3.8) is 0 Å². The summed E-state index contributed by atoms with van der Waals surface area (Å²) in [5, 5.41) is 10.6. The van der Waals surface area contributed by atoms with E-state index in [0.717, 1.165) is 102 Å². The molecule has 0 radical (unpaired) electrons. The Hall–Kier alpha value is -1.94. The molecule has 0 aliphatic heterocycles. The van der Waals surface area contributed by atoms with Gasteiger partial charge in [0.2, 0.25) is 0 Å². The second-order valence-corrected chi connectivity index (χ2v) is 29.4. The molecule has 0 aliphatic carbocycles. The molecule has 0 rings (SSSR count). The van der Waals surface area contributed by atoms with Gasteiger partial charge < -0.3 is 33.8 Å². The van der Waals surface area contributed by atoms with Crippen molar-refractivity contribution in [2.75, 3.05) is 39.6 Å². The van der Waals surface area contributed by atoms with E-state index in [2.05, 4.69) is 34.6 Å². The summed E-state index contributed by atoms with van der Waals surface area (Å²) in [5.74, 6) is -1.36. The maximum absolute atomic E-state index is 13.0. The normalized spacial score (nSPS) is 14.0. The van der Waals surface area contributed by atoms with Crippen LogP contribution in [-0.2, 0) is 65.4 Å². The van der Waals surface area contributed by atoms with E-state index in [0.29, 0.717) is 25.7 Å². The van der Waals surface area contributed by atoms with Gasteiger partial charge in [0.15, 0.2) is 12.2 Å². The number of aliphatic hydroxyl groups is 1. The molecular formula is C72H140O17P2. The molecule has 0 aromatic heterocycles. The highest BCUT2D eigenvalue weighted by atomic mass is 31.2. The molecule has 2 unspecified atom stereocenters. The summed E-state index contributed by atoms with van der Waals surface area (Å²) in [7, 11) is -9.89.